The molecule has 6 heteroatoms. The highest BCUT2D eigenvalue weighted by Gasteiger charge is 2.22. The number of hydrogen-bond donors (Lipinski definition) is 2. The minimum absolute atomic E-state index is 0.104. The number of amidine groups is 1. The van der Waals surface area contributed by atoms with Gasteiger partial charge in [0.1, 0.15) is 11.7 Å². The van der Waals surface area contributed by atoms with Crippen LogP contribution in [-0.4, -0.2) is 23.9 Å². The molecule has 0 saturated heterocycles. The van der Waals surface area contributed by atoms with Crippen LogP contribution in [0.3, 0.4) is 0 Å². The Hall–Kier alpha value is -2.53. The molecule has 0 spiro atoms. The lowest BCUT2D eigenvalue weighted by Crippen LogP contribution is -2.38. The lowest BCUT2D eigenvalue weighted by molar-refractivity contribution is 0.590. The minimum Gasteiger partial charge on any atom is -0.402 e. The first-order valence-electron chi connectivity index (χ1n) is 9.04. The van der Waals surface area contributed by atoms with Crippen LogP contribution in [0.5, 0.6) is 0 Å². The van der Waals surface area contributed by atoms with Crippen molar-refractivity contribution in [3.8, 4) is 0 Å². The van der Waals surface area contributed by atoms with E-state index < -0.39 is 0 Å². The van der Waals surface area contributed by atoms with E-state index in [1.54, 1.807) is 6.20 Å². The molecule has 0 fully saturated rings. The van der Waals surface area contributed by atoms with E-state index in [2.05, 4.69) is 47.8 Å². The fraction of sp³-hybridized carbons (Fsp3) is 0.333. The van der Waals surface area contributed by atoms with Crippen LogP contribution < -0.4 is 16.4 Å². The monoisotopic (exact) mass is 383 g/mol. The standard InChI is InChI=1S/C21H26ClN5/c1-21(2,3)14-6-8-15(9-7-14)26-19(24)16-13-27(12-10-18(16)23)20-17(22)5-4-11-25-20/h4-9,11H,10,12-13,23H2,1-3H3,(H2,24,26). The van der Waals surface area contributed by atoms with Crippen molar-refractivity contribution in [2.45, 2.75) is 32.6 Å². The maximum atomic E-state index is 6.31. The van der Waals surface area contributed by atoms with Crippen LogP contribution in [0.2, 0.25) is 5.02 Å². The first-order chi connectivity index (χ1) is 12.8. The molecule has 0 aliphatic carbocycles. The van der Waals surface area contributed by atoms with E-state index in [1.807, 2.05) is 24.3 Å². The van der Waals surface area contributed by atoms with Crippen molar-refractivity contribution in [1.82, 2.24) is 4.98 Å². The van der Waals surface area contributed by atoms with Gasteiger partial charge in [-0.2, -0.15) is 0 Å². The summed E-state index contributed by atoms with van der Waals surface area (Å²) >= 11 is 6.29. The third-order valence-corrected chi connectivity index (χ3v) is 5.01. The molecule has 0 amide bonds. The van der Waals surface area contributed by atoms with E-state index in [1.165, 1.54) is 5.56 Å². The van der Waals surface area contributed by atoms with Gasteiger partial charge in [0.25, 0.3) is 0 Å². The second-order valence-corrected chi connectivity index (χ2v) is 8.19. The maximum Gasteiger partial charge on any atom is 0.147 e. The van der Waals surface area contributed by atoms with Crippen LogP contribution in [0, 0.1) is 0 Å². The summed E-state index contributed by atoms with van der Waals surface area (Å²) in [6.07, 6.45) is 2.43. The van der Waals surface area contributed by atoms with Gasteiger partial charge in [0.05, 0.1) is 10.7 Å². The predicted octanol–water partition coefficient (Wildman–Crippen LogP) is 4.14. The Kier molecular flexibility index (Phi) is 5.42. The van der Waals surface area contributed by atoms with E-state index in [0.717, 1.165) is 29.3 Å². The molecule has 1 aromatic carbocycles. The molecular formula is C21H26ClN5. The van der Waals surface area contributed by atoms with Gasteiger partial charge in [-0.3, -0.25) is 0 Å². The lowest BCUT2D eigenvalue weighted by Gasteiger charge is -2.30. The van der Waals surface area contributed by atoms with Crippen LogP contribution in [-0.2, 0) is 5.41 Å². The molecule has 4 N–H and O–H groups in total. The topological polar surface area (TPSA) is 80.5 Å². The smallest absolute Gasteiger partial charge is 0.147 e. The average molecular weight is 384 g/mol. The molecule has 0 atom stereocenters. The summed E-state index contributed by atoms with van der Waals surface area (Å²) < 4.78 is 0. The first kappa shape index (κ1) is 19.2. The Morgan fingerprint density at radius 3 is 2.52 bits per heavy atom. The Morgan fingerprint density at radius 2 is 1.89 bits per heavy atom. The fourth-order valence-corrected chi connectivity index (χ4v) is 3.30. The van der Waals surface area contributed by atoms with Crippen LogP contribution in [0.25, 0.3) is 0 Å². The number of benzene rings is 1. The molecule has 5 nitrogen and oxygen atoms in total. The highest BCUT2D eigenvalue weighted by molar-refractivity contribution is 6.32. The number of nitrogens with two attached hydrogens (primary N) is 2. The molecule has 0 saturated carbocycles. The van der Waals surface area contributed by atoms with Crippen LogP contribution in [0.4, 0.5) is 11.5 Å². The van der Waals surface area contributed by atoms with Crippen molar-refractivity contribution >= 4 is 28.9 Å². The number of nitrogens with zero attached hydrogens (tertiary/aromatic N) is 3. The molecule has 2 aromatic rings. The van der Waals surface area contributed by atoms with Crippen LogP contribution in [0.15, 0.2) is 58.9 Å². The van der Waals surface area contributed by atoms with Gasteiger partial charge in [0.2, 0.25) is 0 Å². The molecule has 0 bridgehead atoms. The molecule has 0 radical (unpaired) electrons. The summed E-state index contributed by atoms with van der Waals surface area (Å²) in [7, 11) is 0. The number of aliphatic imine (C=N–C) groups is 1. The SMILES string of the molecule is CC(C)(C)c1ccc(N=C(N)C2=C(N)CCN(c3ncccc3Cl)C2)cc1. The summed E-state index contributed by atoms with van der Waals surface area (Å²) in [6.45, 7) is 7.84. The number of hydrogen-bond acceptors (Lipinski definition) is 4. The summed E-state index contributed by atoms with van der Waals surface area (Å²) in [6, 6.07) is 11.8. The second kappa shape index (κ2) is 7.61. The molecule has 1 aromatic heterocycles. The third-order valence-electron chi connectivity index (χ3n) is 4.72. The largest absolute Gasteiger partial charge is 0.402 e. The number of halogens is 1. The van der Waals surface area contributed by atoms with E-state index in [4.69, 9.17) is 23.1 Å². The average Bonchev–Trinajstić information content (AvgIpc) is 2.62. The molecule has 0 unspecified atom stereocenters. The Morgan fingerprint density at radius 1 is 1.19 bits per heavy atom. The number of pyridine rings is 1. The van der Waals surface area contributed by atoms with Gasteiger partial charge in [-0.15, -0.1) is 0 Å². The zero-order chi connectivity index (χ0) is 19.6. The molecule has 3 rings (SSSR count). The summed E-state index contributed by atoms with van der Waals surface area (Å²) in [5, 5.41) is 0.616. The summed E-state index contributed by atoms with van der Waals surface area (Å²) in [5.41, 5.74) is 16.3. The van der Waals surface area contributed by atoms with Crippen molar-refractivity contribution in [3.05, 3.63) is 64.5 Å². The van der Waals surface area contributed by atoms with Gasteiger partial charge in [-0.05, 0) is 35.2 Å². The molecule has 142 valence electrons. The number of aromatic nitrogens is 1. The van der Waals surface area contributed by atoms with Crippen LogP contribution >= 0.6 is 11.6 Å². The van der Waals surface area contributed by atoms with E-state index in [0.29, 0.717) is 23.8 Å². The summed E-state index contributed by atoms with van der Waals surface area (Å²) in [4.78, 5) is 11.1. The van der Waals surface area contributed by atoms with Gasteiger partial charge >= 0.3 is 0 Å². The molecule has 1 aliphatic rings. The lowest BCUT2D eigenvalue weighted by atomic mass is 9.87. The zero-order valence-electron chi connectivity index (χ0n) is 16.0. The second-order valence-electron chi connectivity index (χ2n) is 7.78. The van der Waals surface area contributed by atoms with Crippen molar-refractivity contribution in [2.24, 2.45) is 16.5 Å². The van der Waals surface area contributed by atoms with E-state index in [-0.39, 0.29) is 5.41 Å². The van der Waals surface area contributed by atoms with Gasteiger partial charge in [-0.1, -0.05) is 44.5 Å². The van der Waals surface area contributed by atoms with Crippen molar-refractivity contribution in [3.63, 3.8) is 0 Å². The number of rotatable bonds is 3. The molecular weight excluding hydrogens is 358 g/mol. The first-order valence-corrected chi connectivity index (χ1v) is 9.41. The Bertz CT molecular complexity index is 878. The fourth-order valence-electron chi connectivity index (χ4n) is 3.06. The third kappa shape index (κ3) is 4.42. The zero-order valence-corrected chi connectivity index (χ0v) is 16.8. The van der Waals surface area contributed by atoms with E-state index >= 15 is 0 Å². The van der Waals surface area contributed by atoms with Crippen molar-refractivity contribution in [1.29, 1.82) is 0 Å². The van der Waals surface area contributed by atoms with Gasteiger partial charge in [-0.25, -0.2) is 9.98 Å². The predicted molar refractivity (Wildman–Crippen MR) is 114 cm³/mol. The van der Waals surface area contributed by atoms with Crippen molar-refractivity contribution in [2.75, 3.05) is 18.0 Å². The quantitative estimate of drug-likeness (QED) is 0.616. The van der Waals surface area contributed by atoms with E-state index in [9.17, 15) is 0 Å². The summed E-state index contributed by atoms with van der Waals surface area (Å²) in [5.74, 6) is 1.18. The number of anilines is 1. The highest BCUT2D eigenvalue weighted by Crippen LogP contribution is 2.28. The minimum atomic E-state index is 0.104. The van der Waals surface area contributed by atoms with Crippen LogP contribution in [0.1, 0.15) is 32.8 Å². The molecule has 2 heterocycles. The molecule has 27 heavy (non-hydrogen) atoms. The Labute approximate surface area is 165 Å². The van der Waals surface area contributed by atoms with Gasteiger partial charge < -0.3 is 16.4 Å². The normalized spacial score (nSPS) is 16.0. The highest BCUT2D eigenvalue weighted by atomic mass is 35.5. The van der Waals surface area contributed by atoms with Gasteiger partial charge in [0.15, 0.2) is 0 Å². The molecule has 1 aliphatic heterocycles. The van der Waals surface area contributed by atoms with Crippen molar-refractivity contribution < 1.29 is 0 Å². The Balaban J connectivity index is 1.83. The van der Waals surface area contributed by atoms with Gasteiger partial charge in [0, 0.05) is 37.0 Å². The maximum absolute atomic E-state index is 6.31.